The highest BCUT2D eigenvalue weighted by atomic mass is 32.2. The molecule has 19 heavy (non-hydrogen) atoms. The highest BCUT2D eigenvalue weighted by Crippen LogP contribution is 2.42. The van der Waals surface area contributed by atoms with E-state index in [0.29, 0.717) is 11.5 Å². The topological polar surface area (TPSA) is 32.5 Å². The van der Waals surface area contributed by atoms with Gasteiger partial charge in [0.1, 0.15) is 0 Å². The second-order valence-electron chi connectivity index (χ2n) is 7.41. The lowest BCUT2D eigenvalue weighted by atomic mass is 9.78. The van der Waals surface area contributed by atoms with Crippen LogP contribution in [0.1, 0.15) is 33.1 Å². The molecule has 1 atom stereocenters. The molecule has 0 aromatic heterocycles. The van der Waals surface area contributed by atoms with Gasteiger partial charge < -0.3 is 10.6 Å². The highest BCUT2D eigenvalue weighted by Gasteiger charge is 2.44. The van der Waals surface area contributed by atoms with Crippen molar-refractivity contribution in [2.24, 2.45) is 11.1 Å². The Kier molecular flexibility index (Phi) is 4.87. The van der Waals surface area contributed by atoms with E-state index in [9.17, 15) is 0 Å². The average Bonchev–Trinajstić information content (AvgIpc) is 2.37. The predicted molar refractivity (Wildman–Crippen MR) is 85.8 cm³/mol. The molecule has 0 aromatic carbocycles. The van der Waals surface area contributed by atoms with Crippen LogP contribution in [0, 0.1) is 5.41 Å². The zero-order chi connectivity index (χ0) is 14.1. The van der Waals surface area contributed by atoms with E-state index < -0.39 is 0 Å². The minimum absolute atomic E-state index is 0.215. The van der Waals surface area contributed by atoms with Crippen molar-refractivity contribution in [3.8, 4) is 0 Å². The number of nitrogens with zero attached hydrogens (tertiary/aromatic N) is 2. The maximum Gasteiger partial charge on any atom is 0.0427 e. The molecule has 2 N–H and O–H groups in total. The minimum atomic E-state index is 0.215. The van der Waals surface area contributed by atoms with Crippen molar-refractivity contribution in [2.75, 3.05) is 45.2 Å². The molecule has 112 valence electrons. The third-order valence-electron chi connectivity index (χ3n) is 5.04. The molecule has 0 radical (unpaired) electrons. The van der Waals surface area contributed by atoms with Crippen LogP contribution in [0.15, 0.2) is 0 Å². The summed E-state index contributed by atoms with van der Waals surface area (Å²) >= 11 is 2.09. The van der Waals surface area contributed by atoms with E-state index in [4.69, 9.17) is 5.73 Å². The first-order valence-electron chi connectivity index (χ1n) is 7.58. The Morgan fingerprint density at radius 3 is 2.42 bits per heavy atom. The van der Waals surface area contributed by atoms with Crippen molar-refractivity contribution < 1.29 is 0 Å². The van der Waals surface area contributed by atoms with E-state index in [1.807, 2.05) is 0 Å². The Labute approximate surface area is 123 Å². The van der Waals surface area contributed by atoms with E-state index in [1.54, 1.807) is 0 Å². The van der Waals surface area contributed by atoms with Gasteiger partial charge in [-0.2, -0.15) is 11.8 Å². The normalized spacial score (nSPS) is 33.8. The van der Waals surface area contributed by atoms with Gasteiger partial charge in [0.25, 0.3) is 0 Å². The second-order valence-corrected chi connectivity index (χ2v) is 8.39. The fraction of sp³-hybridized carbons (Fsp3) is 1.00. The number of piperidine rings is 1. The lowest BCUT2D eigenvalue weighted by Gasteiger charge is -2.52. The first kappa shape index (κ1) is 15.6. The van der Waals surface area contributed by atoms with Gasteiger partial charge in [0.05, 0.1) is 0 Å². The molecule has 0 saturated carbocycles. The van der Waals surface area contributed by atoms with Crippen LogP contribution < -0.4 is 5.73 Å². The number of likely N-dealkylation sites (tertiary alicyclic amines) is 1. The Bertz CT molecular complexity index is 300. The Hall–Kier alpha value is 0.230. The molecule has 0 aliphatic carbocycles. The van der Waals surface area contributed by atoms with E-state index in [-0.39, 0.29) is 5.54 Å². The van der Waals surface area contributed by atoms with Gasteiger partial charge in [-0.25, -0.2) is 0 Å². The second kappa shape index (κ2) is 5.92. The molecule has 0 aromatic rings. The molecule has 3 nitrogen and oxygen atoms in total. The standard InChI is InChI=1S/C15H31N3S/c1-14(2)9-15(10-16,12-19-11-14)18(4)13-5-7-17(3)8-6-13/h13H,5-12,16H2,1-4H3. The molecular weight excluding hydrogens is 254 g/mol. The Morgan fingerprint density at radius 2 is 1.89 bits per heavy atom. The zero-order valence-corrected chi connectivity index (χ0v) is 13.9. The molecule has 0 spiro atoms. The fourth-order valence-electron chi connectivity index (χ4n) is 3.78. The monoisotopic (exact) mass is 285 g/mol. The van der Waals surface area contributed by atoms with Gasteiger partial charge in [-0.05, 0) is 57.6 Å². The number of rotatable bonds is 3. The van der Waals surface area contributed by atoms with Crippen molar-refractivity contribution in [1.29, 1.82) is 0 Å². The fourth-order valence-corrected chi connectivity index (χ4v) is 5.34. The Balaban J connectivity index is 2.07. The van der Waals surface area contributed by atoms with E-state index in [1.165, 1.54) is 43.9 Å². The molecule has 4 heteroatoms. The van der Waals surface area contributed by atoms with Crippen LogP contribution in [-0.2, 0) is 0 Å². The maximum atomic E-state index is 6.23. The summed E-state index contributed by atoms with van der Waals surface area (Å²) in [5.41, 5.74) is 6.86. The summed E-state index contributed by atoms with van der Waals surface area (Å²) < 4.78 is 0. The van der Waals surface area contributed by atoms with E-state index >= 15 is 0 Å². The smallest absolute Gasteiger partial charge is 0.0427 e. The maximum absolute atomic E-state index is 6.23. The van der Waals surface area contributed by atoms with E-state index in [2.05, 4.69) is 49.5 Å². The predicted octanol–water partition coefficient (Wildman–Crippen LogP) is 1.87. The summed E-state index contributed by atoms with van der Waals surface area (Å²) in [6.45, 7) is 8.04. The lowest BCUT2D eigenvalue weighted by Crippen LogP contribution is -2.62. The van der Waals surface area contributed by atoms with Crippen molar-refractivity contribution in [1.82, 2.24) is 9.80 Å². The lowest BCUT2D eigenvalue weighted by molar-refractivity contribution is 0.0288. The van der Waals surface area contributed by atoms with Crippen molar-refractivity contribution in [3.63, 3.8) is 0 Å². The highest BCUT2D eigenvalue weighted by molar-refractivity contribution is 7.99. The van der Waals surface area contributed by atoms with Crippen LogP contribution in [-0.4, -0.2) is 66.6 Å². The van der Waals surface area contributed by atoms with Crippen LogP contribution >= 0.6 is 11.8 Å². The third kappa shape index (κ3) is 3.46. The summed E-state index contributed by atoms with van der Waals surface area (Å²) in [4.78, 5) is 5.09. The largest absolute Gasteiger partial charge is 0.329 e. The molecule has 2 aliphatic heterocycles. The van der Waals surface area contributed by atoms with Crippen LogP contribution in [0.3, 0.4) is 0 Å². The first-order valence-corrected chi connectivity index (χ1v) is 8.73. The SMILES string of the molecule is CN1CCC(N(C)C2(CN)CSCC(C)(C)C2)CC1. The van der Waals surface area contributed by atoms with Crippen LogP contribution in [0.5, 0.6) is 0 Å². The zero-order valence-electron chi connectivity index (χ0n) is 13.1. The summed E-state index contributed by atoms with van der Waals surface area (Å²) in [6.07, 6.45) is 3.83. The number of likely N-dealkylation sites (N-methyl/N-ethyl adjacent to an activating group) is 1. The van der Waals surface area contributed by atoms with Gasteiger partial charge >= 0.3 is 0 Å². The van der Waals surface area contributed by atoms with Gasteiger partial charge in [0.15, 0.2) is 0 Å². The number of hydrogen-bond acceptors (Lipinski definition) is 4. The minimum Gasteiger partial charge on any atom is -0.329 e. The molecular formula is C15H31N3S. The van der Waals surface area contributed by atoms with Gasteiger partial charge in [-0.1, -0.05) is 13.8 Å². The summed E-state index contributed by atoms with van der Waals surface area (Å²) in [6, 6.07) is 0.717. The third-order valence-corrected chi connectivity index (χ3v) is 6.76. The first-order chi connectivity index (χ1) is 8.88. The molecule has 1 unspecified atom stereocenters. The molecule has 2 heterocycles. The van der Waals surface area contributed by atoms with Gasteiger partial charge in [-0.3, -0.25) is 4.90 Å². The van der Waals surface area contributed by atoms with Crippen molar-refractivity contribution in [2.45, 2.75) is 44.7 Å². The van der Waals surface area contributed by atoms with Crippen molar-refractivity contribution in [3.05, 3.63) is 0 Å². The molecule has 2 fully saturated rings. The van der Waals surface area contributed by atoms with Crippen LogP contribution in [0.4, 0.5) is 0 Å². The quantitative estimate of drug-likeness (QED) is 0.858. The van der Waals surface area contributed by atoms with E-state index in [0.717, 1.165) is 6.54 Å². The van der Waals surface area contributed by atoms with Crippen LogP contribution in [0.25, 0.3) is 0 Å². The molecule has 0 amide bonds. The summed E-state index contributed by atoms with van der Waals surface area (Å²) in [7, 11) is 4.55. The number of nitrogens with two attached hydrogens (primary N) is 1. The molecule has 2 saturated heterocycles. The van der Waals surface area contributed by atoms with Crippen molar-refractivity contribution >= 4 is 11.8 Å². The number of hydrogen-bond donors (Lipinski definition) is 1. The van der Waals surface area contributed by atoms with Gasteiger partial charge in [0.2, 0.25) is 0 Å². The molecule has 2 rings (SSSR count). The Morgan fingerprint density at radius 1 is 1.26 bits per heavy atom. The molecule has 2 aliphatic rings. The molecule has 0 bridgehead atoms. The van der Waals surface area contributed by atoms with Gasteiger partial charge in [0, 0.05) is 23.9 Å². The van der Waals surface area contributed by atoms with Gasteiger partial charge in [-0.15, -0.1) is 0 Å². The number of thioether (sulfide) groups is 1. The van der Waals surface area contributed by atoms with Crippen LogP contribution in [0.2, 0.25) is 0 Å². The average molecular weight is 286 g/mol. The summed E-state index contributed by atoms with van der Waals surface area (Å²) in [5.74, 6) is 2.48. The summed E-state index contributed by atoms with van der Waals surface area (Å²) in [5, 5.41) is 0.